The lowest BCUT2D eigenvalue weighted by Crippen LogP contribution is -2.16. The number of aromatic nitrogens is 5. The van der Waals surface area contributed by atoms with Gasteiger partial charge >= 0.3 is 5.97 Å². The number of aryl methyl sites for hydroxylation is 1. The van der Waals surface area contributed by atoms with Crippen LogP contribution in [-0.2, 0) is 11.3 Å². The van der Waals surface area contributed by atoms with Crippen molar-refractivity contribution in [3.05, 3.63) is 65.4 Å². The lowest BCUT2D eigenvalue weighted by atomic mass is 10.0. The standard InChI is InChI=1S/C22H21N5O3/c1-4-30-22(28)20-14(2)17-10-5-6-11-18(17)23-19(20)13-27-25-21(24-26-27)15-8-7-9-16(12-15)29-3/h5-12H,4,13H2,1-3H3. The van der Waals surface area contributed by atoms with Crippen LogP contribution in [-0.4, -0.2) is 44.9 Å². The van der Waals surface area contributed by atoms with Crippen molar-refractivity contribution in [1.29, 1.82) is 0 Å². The fraction of sp³-hybridized carbons (Fsp3) is 0.227. The van der Waals surface area contributed by atoms with Crippen molar-refractivity contribution in [1.82, 2.24) is 25.2 Å². The van der Waals surface area contributed by atoms with Gasteiger partial charge in [-0.05, 0) is 42.8 Å². The highest BCUT2D eigenvalue weighted by atomic mass is 16.5. The van der Waals surface area contributed by atoms with E-state index >= 15 is 0 Å². The fourth-order valence-corrected chi connectivity index (χ4v) is 3.35. The second-order valence-electron chi connectivity index (χ2n) is 6.67. The van der Waals surface area contributed by atoms with Crippen molar-refractivity contribution in [2.24, 2.45) is 0 Å². The molecule has 0 fully saturated rings. The molecule has 0 aliphatic carbocycles. The number of esters is 1. The zero-order valence-electron chi connectivity index (χ0n) is 17.0. The summed E-state index contributed by atoms with van der Waals surface area (Å²) in [6.45, 7) is 4.15. The monoisotopic (exact) mass is 403 g/mol. The number of pyridine rings is 1. The largest absolute Gasteiger partial charge is 0.497 e. The van der Waals surface area contributed by atoms with Crippen molar-refractivity contribution in [2.45, 2.75) is 20.4 Å². The first-order valence-electron chi connectivity index (χ1n) is 9.58. The maximum Gasteiger partial charge on any atom is 0.340 e. The average Bonchev–Trinajstić information content (AvgIpc) is 3.22. The minimum absolute atomic E-state index is 0.191. The quantitative estimate of drug-likeness (QED) is 0.455. The molecule has 0 amide bonds. The van der Waals surface area contributed by atoms with E-state index < -0.39 is 5.97 Å². The maximum absolute atomic E-state index is 12.7. The molecule has 2 aromatic heterocycles. The predicted molar refractivity (Wildman–Crippen MR) is 111 cm³/mol. The Morgan fingerprint density at radius 1 is 1.13 bits per heavy atom. The Labute approximate surface area is 173 Å². The number of carbonyl (C=O) groups excluding carboxylic acids is 1. The van der Waals surface area contributed by atoms with Crippen LogP contribution in [0.4, 0.5) is 0 Å². The molecule has 0 saturated carbocycles. The molecule has 0 aliphatic heterocycles. The van der Waals surface area contributed by atoms with Crippen LogP contribution in [0.25, 0.3) is 22.3 Å². The topological polar surface area (TPSA) is 92.0 Å². The summed E-state index contributed by atoms with van der Waals surface area (Å²) in [7, 11) is 1.61. The molecule has 30 heavy (non-hydrogen) atoms. The van der Waals surface area contributed by atoms with Crippen molar-refractivity contribution in [3.8, 4) is 17.1 Å². The van der Waals surface area contributed by atoms with Gasteiger partial charge in [0.05, 0.1) is 30.5 Å². The number of benzene rings is 2. The lowest BCUT2D eigenvalue weighted by Gasteiger charge is -2.13. The summed E-state index contributed by atoms with van der Waals surface area (Å²) in [4.78, 5) is 18.8. The van der Waals surface area contributed by atoms with E-state index in [4.69, 9.17) is 14.5 Å². The van der Waals surface area contributed by atoms with Gasteiger partial charge in [0.2, 0.25) is 5.82 Å². The Hall–Kier alpha value is -3.81. The number of methoxy groups -OCH3 is 1. The molecular formula is C22H21N5O3. The minimum Gasteiger partial charge on any atom is -0.497 e. The van der Waals surface area contributed by atoms with Crippen LogP contribution in [0.5, 0.6) is 5.75 Å². The number of hydrogen-bond acceptors (Lipinski definition) is 7. The van der Waals surface area contributed by atoms with Gasteiger partial charge in [0.15, 0.2) is 0 Å². The Morgan fingerprint density at radius 3 is 2.77 bits per heavy atom. The highest BCUT2D eigenvalue weighted by molar-refractivity contribution is 5.98. The third-order valence-electron chi connectivity index (χ3n) is 4.78. The van der Waals surface area contributed by atoms with Gasteiger partial charge in [-0.1, -0.05) is 30.3 Å². The van der Waals surface area contributed by atoms with E-state index in [1.165, 1.54) is 4.80 Å². The molecule has 0 unspecified atom stereocenters. The second kappa shape index (κ2) is 8.28. The fourth-order valence-electron chi connectivity index (χ4n) is 3.35. The van der Waals surface area contributed by atoms with E-state index in [-0.39, 0.29) is 13.2 Å². The summed E-state index contributed by atoms with van der Waals surface area (Å²) in [5.41, 5.74) is 3.39. The first-order valence-corrected chi connectivity index (χ1v) is 9.58. The second-order valence-corrected chi connectivity index (χ2v) is 6.67. The smallest absolute Gasteiger partial charge is 0.340 e. The number of tetrazole rings is 1. The van der Waals surface area contributed by atoms with Crippen molar-refractivity contribution in [3.63, 3.8) is 0 Å². The summed E-state index contributed by atoms with van der Waals surface area (Å²) in [6.07, 6.45) is 0. The number of ether oxygens (including phenoxy) is 2. The van der Waals surface area contributed by atoms with Crippen molar-refractivity contribution < 1.29 is 14.3 Å². The van der Waals surface area contributed by atoms with Gasteiger partial charge in [0.1, 0.15) is 12.3 Å². The first kappa shape index (κ1) is 19.5. The zero-order chi connectivity index (χ0) is 21.1. The molecule has 152 valence electrons. The van der Waals surface area contributed by atoms with E-state index in [1.54, 1.807) is 14.0 Å². The van der Waals surface area contributed by atoms with Crippen LogP contribution in [0, 0.1) is 6.92 Å². The van der Waals surface area contributed by atoms with E-state index in [2.05, 4.69) is 15.4 Å². The van der Waals surface area contributed by atoms with E-state index in [0.29, 0.717) is 22.8 Å². The Morgan fingerprint density at radius 2 is 1.97 bits per heavy atom. The third-order valence-corrected chi connectivity index (χ3v) is 4.78. The number of nitrogens with zero attached hydrogens (tertiary/aromatic N) is 5. The molecule has 0 N–H and O–H groups in total. The number of fused-ring (bicyclic) bond motifs is 1. The van der Waals surface area contributed by atoms with E-state index in [9.17, 15) is 4.79 Å². The predicted octanol–water partition coefficient (Wildman–Crippen LogP) is 3.43. The molecule has 0 bridgehead atoms. The average molecular weight is 403 g/mol. The van der Waals surface area contributed by atoms with Gasteiger partial charge in [-0.2, -0.15) is 4.80 Å². The van der Waals surface area contributed by atoms with Crippen LogP contribution in [0.3, 0.4) is 0 Å². The van der Waals surface area contributed by atoms with Gasteiger partial charge in [-0.15, -0.1) is 10.2 Å². The van der Waals surface area contributed by atoms with Gasteiger partial charge < -0.3 is 9.47 Å². The Balaban J connectivity index is 1.74. The Kier molecular flexibility index (Phi) is 5.38. The highest BCUT2D eigenvalue weighted by Gasteiger charge is 2.21. The molecule has 2 aromatic carbocycles. The molecule has 8 nitrogen and oxygen atoms in total. The van der Waals surface area contributed by atoms with Gasteiger partial charge in [0, 0.05) is 10.9 Å². The molecule has 0 aliphatic rings. The summed E-state index contributed by atoms with van der Waals surface area (Å²) < 4.78 is 10.5. The molecule has 0 spiro atoms. The molecule has 8 heteroatoms. The van der Waals surface area contributed by atoms with Crippen LogP contribution in [0.1, 0.15) is 28.5 Å². The third kappa shape index (κ3) is 3.71. The first-order chi connectivity index (χ1) is 14.6. The molecule has 2 heterocycles. The van der Waals surface area contributed by atoms with Gasteiger partial charge in [0.25, 0.3) is 0 Å². The molecule has 0 atom stereocenters. The van der Waals surface area contributed by atoms with Crippen molar-refractivity contribution >= 4 is 16.9 Å². The summed E-state index contributed by atoms with van der Waals surface area (Å²) in [6, 6.07) is 15.1. The SMILES string of the molecule is CCOC(=O)c1c(Cn2nnc(-c3cccc(OC)c3)n2)nc2ccccc2c1C. The van der Waals surface area contributed by atoms with E-state index in [1.807, 2.05) is 55.5 Å². The highest BCUT2D eigenvalue weighted by Crippen LogP contribution is 2.25. The van der Waals surface area contributed by atoms with Gasteiger partial charge in [-0.3, -0.25) is 0 Å². The number of hydrogen-bond donors (Lipinski definition) is 0. The summed E-state index contributed by atoms with van der Waals surface area (Å²) in [5, 5.41) is 13.6. The molecular weight excluding hydrogens is 382 g/mol. The molecule has 0 radical (unpaired) electrons. The van der Waals surface area contributed by atoms with Crippen LogP contribution in [0.2, 0.25) is 0 Å². The number of rotatable bonds is 6. The molecule has 0 saturated heterocycles. The molecule has 4 rings (SSSR count). The summed E-state index contributed by atoms with van der Waals surface area (Å²) in [5.74, 6) is 0.765. The van der Waals surface area contributed by atoms with Crippen LogP contribution >= 0.6 is 0 Å². The lowest BCUT2D eigenvalue weighted by molar-refractivity contribution is 0.0523. The number of para-hydroxylation sites is 1. The van der Waals surface area contributed by atoms with Crippen LogP contribution in [0.15, 0.2) is 48.5 Å². The Bertz CT molecular complexity index is 1220. The van der Waals surface area contributed by atoms with Gasteiger partial charge in [-0.25, -0.2) is 9.78 Å². The molecule has 4 aromatic rings. The van der Waals surface area contributed by atoms with Crippen LogP contribution < -0.4 is 4.74 Å². The number of carbonyl (C=O) groups is 1. The normalized spacial score (nSPS) is 10.9. The summed E-state index contributed by atoms with van der Waals surface area (Å²) >= 11 is 0. The van der Waals surface area contributed by atoms with E-state index in [0.717, 1.165) is 22.0 Å². The zero-order valence-corrected chi connectivity index (χ0v) is 17.0. The van der Waals surface area contributed by atoms with Crippen molar-refractivity contribution in [2.75, 3.05) is 13.7 Å². The maximum atomic E-state index is 12.7. The minimum atomic E-state index is -0.406.